The number of ether oxygens (including phenoxy) is 1. The zero-order valence-electron chi connectivity index (χ0n) is 6.30. The van der Waals surface area contributed by atoms with Crippen LogP contribution in [0.2, 0.25) is 0 Å². The molecule has 0 aromatic rings. The number of carbonyl (C=O) groups is 1. The SMILES string of the molecule is O=C1NCC(CNC2CC2)O1. The smallest absolute Gasteiger partial charge is 0.407 e. The Kier molecular flexibility index (Phi) is 1.69. The van der Waals surface area contributed by atoms with Gasteiger partial charge in [0.15, 0.2) is 0 Å². The highest BCUT2D eigenvalue weighted by Crippen LogP contribution is 2.18. The molecule has 2 N–H and O–H groups in total. The van der Waals surface area contributed by atoms with E-state index in [0.717, 1.165) is 6.54 Å². The Labute approximate surface area is 65.3 Å². The first-order chi connectivity index (χ1) is 5.34. The van der Waals surface area contributed by atoms with E-state index in [1.807, 2.05) is 0 Å². The molecule has 1 unspecified atom stereocenters. The first kappa shape index (κ1) is 6.91. The van der Waals surface area contributed by atoms with Gasteiger partial charge >= 0.3 is 6.09 Å². The average molecular weight is 156 g/mol. The van der Waals surface area contributed by atoms with Crippen molar-refractivity contribution in [2.45, 2.75) is 25.0 Å². The molecule has 1 saturated carbocycles. The van der Waals surface area contributed by atoms with Crippen LogP contribution in [0, 0.1) is 0 Å². The Morgan fingerprint density at radius 3 is 3.00 bits per heavy atom. The van der Waals surface area contributed by atoms with E-state index in [1.54, 1.807) is 0 Å². The fourth-order valence-electron chi connectivity index (χ4n) is 1.13. The average Bonchev–Trinajstić information content (AvgIpc) is 2.72. The van der Waals surface area contributed by atoms with Crippen LogP contribution in [0.5, 0.6) is 0 Å². The molecule has 1 heterocycles. The summed E-state index contributed by atoms with van der Waals surface area (Å²) in [5.41, 5.74) is 0. The predicted molar refractivity (Wildman–Crippen MR) is 39.3 cm³/mol. The monoisotopic (exact) mass is 156 g/mol. The van der Waals surface area contributed by atoms with Crippen LogP contribution in [0.1, 0.15) is 12.8 Å². The van der Waals surface area contributed by atoms with Crippen molar-refractivity contribution in [1.29, 1.82) is 0 Å². The van der Waals surface area contributed by atoms with Crippen molar-refractivity contribution in [2.75, 3.05) is 13.1 Å². The van der Waals surface area contributed by atoms with Crippen LogP contribution in [0.25, 0.3) is 0 Å². The standard InChI is InChI=1S/C7H12N2O2/c10-7-9-4-6(11-7)3-8-5-1-2-5/h5-6,8H,1-4H2,(H,9,10). The Morgan fingerprint density at radius 2 is 2.45 bits per heavy atom. The first-order valence-electron chi connectivity index (χ1n) is 4.02. The van der Waals surface area contributed by atoms with Crippen LogP contribution in [-0.4, -0.2) is 31.3 Å². The largest absolute Gasteiger partial charge is 0.443 e. The number of amides is 1. The number of alkyl carbamates (subject to hydrolysis) is 1. The van der Waals surface area contributed by atoms with Crippen LogP contribution in [0.3, 0.4) is 0 Å². The molecule has 1 saturated heterocycles. The highest BCUT2D eigenvalue weighted by atomic mass is 16.6. The molecule has 11 heavy (non-hydrogen) atoms. The molecule has 62 valence electrons. The second-order valence-electron chi connectivity index (χ2n) is 3.09. The topological polar surface area (TPSA) is 50.4 Å². The van der Waals surface area contributed by atoms with Crippen LogP contribution in [0.15, 0.2) is 0 Å². The van der Waals surface area contributed by atoms with Gasteiger partial charge in [0, 0.05) is 12.6 Å². The van der Waals surface area contributed by atoms with Gasteiger partial charge in [0.2, 0.25) is 0 Å². The lowest BCUT2D eigenvalue weighted by molar-refractivity contribution is 0.139. The Bertz CT molecular complexity index is 168. The van der Waals surface area contributed by atoms with E-state index >= 15 is 0 Å². The summed E-state index contributed by atoms with van der Waals surface area (Å²) < 4.78 is 4.93. The highest BCUT2D eigenvalue weighted by molar-refractivity contribution is 5.69. The maximum Gasteiger partial charge on any atom is 0.407 e. The van der Waals surface area contributed by atoms with Crippen LogP contribution in [-0.2, 0) is 4.74 Å². The summed E-state index contributed by atoms with van der Waals surface area (Å²) in [6.45, 7) is 1.45. The molecular weight excluding hydrogens is 144 g/mol. The summed E-state index contributed by atoms with van der Waals surface area (Å²) in [4.78, 5) is 10.6. The molecule has 0 aromatic carbocycles. The molecule has 4 nitrogen and oxygen atoms in total. The number of nitrogens with one attached hydrogen (secondary N) is 2. The summed E-state index contributed by atoms with van der Waals surface area (Å²) in [5.74, 6) is 0. The highest BCUT2D eigenvalue weighted by Gasteiger charge is 2.26. The lowest BCUT2D eigenvalue weighted by Gasteiger charge is -2.07. The van der Waals surface area contributed by atoms with Gasteiger partial charge in [-0.05, 0) is 12.8 Å². The molecule has 2 fully saturated rings. The van der Waals surface area contributed by atoms with Gasteiger partial charge in [0.25, 0.3) is 0 Å². The lowest BCUT2D eigenvalue weighted by atomic mass is 10.3. The summed E-state index contributed by atoms with van der Waals surface area (Å²) >= 11 is 0. The normalized spacial score (nSPS) is 29.8. The van der Waals surface area contributed by atoms with E-state index < -0.39 is 0 Å². The second-order valence-corrected chi connectivity index (χ2v) is 3.09. The molecule has 1 atom stereocenters. The molecular formula is C7H12N2O2. The summed E-state index contributed by atoms with van der Waals surface area (Å²) in [5, 5.41) is 5.91. The van der Waals surface area contributed by atoms with Gasteiger partial charge in [-0.15, -0.1) is 0 Å². The first-order valence-corrected chi connectivity index (χ1v) is 4.02. The van der Waals surface area contributed by atoms with Crippen molar-refractivity contribution >= 4 is 6.09 Å². The molecule has 1 amide bonds. The van der Waals surface area contributed by atoms with E-state index in [4.69, 9.17) is 4.74 Å². The van der Waals surface area contributed by atoms with Crippen molar-refractivity contribution < 1.29 is 9.53 Å². The van der Waals surface area contributed by atoms with Gasteiger partial charge < -0.3 is 15.4 Å². The minimum atomic E-state index is -0.285. The second kappa shape index (κ2) is 2.70. The third-order valence-corrected chi connectivity index (χ3v) is 1.96. The van der Waals surface area contributed by atoms with E-state index in [2.05, 4.69) is 10.6 Å². The van der Waals surface area contributed by atoms with E-state index in [9.17, 15) is 4.79 Å². The van der Waals surface area contributed by atoms with E-state index in [1.165, 1.54) is 12.8 Å². The zero-order chi connectivity index (χ0) is 7.68. The Hall–Kier alpha value is -0.770. The molecule has 0 spiro atoms. The molecule has 1 aliphatic heterocycles. The number of hydrogen-bond donors (Lipinski definition) is 2. The van der Waals surface area contributed by atoms with E-state index in [0.29, 0.717) is 12.6 Å². The lowest BCUT2D eigenvalue weighted by Crippen LogP contribution is -2.30. The van der Waals surface area contributed by atoms with Crippen LogP contribution < -0.4 is 10.6 Å². The summed E-state index contributed by atoms with van der Waals surface area (Å²) in [6.07, 6.45) is 2.30. The fourth-order valence-corrected chi connectivity index (χ4v) is 1.13. The van der Waals surface area contributed by atoms with Crippen molar-refractivity contribution in [3.63, 3.8) is 0 Å². The van der Waals surface area contributed by atoms with Gasteiger partial charge in [-0.1, -0.05) is 0 Å². The van der Waals surface area contributed by atoms with Crippen molar-refractivity contribution in [3.05, 3.63) is 0 Å². The number of rotatable bonds is 3. The number of carbonyl (C=O) groups excluding carboxylic acids is 1. The van der Waals surface area contributed by atoms with Gasteiger partial charge in [0.05, 0.1) is 6.54 Å². The van der Waals surface area contributed by atoms with Crippen molar-refractivity contribution in [2.24, 2.45) is 0 Å². The summed E-state index contributed by atoms with van der Waals surface area (Å²) in [7, 11) is 0. The molecule has 1 aliphatic carbocycles. The molecule has 0 bridgehead atoms. The molecule has 4 heteroatoms. The van der Waals surface area contributed by atoms with Gasteiger partial charge in [-0.2, -0.15) is 0 Å². The van der Waals surface area contributed by atoms with Gasteiger partial charge in [0.1, 0.15) is 6.10 Å². The van der Waals surface area contributed by atoms with Crippen molar-refractivity contribution in [3.8, 4) is 0 Å². The third kappa shape index (κ3) is 1.83. The van der Waals surface area contributed by atoms with Crippen molar-refractivity contribution in [1.82, 2.24) is 10.6 Å². The van der Waals surface area contributed by atoms with Crippen LogP contribution in [0.4, 0.5) is 4.79 Å². The van der Waals surface area contributed by atoms with E-state index in [-0.39, 0.29) is 12.2 Å². The molecule has 2 aliphatic rings. The molecule has 0 aromatic heterocycles. The zero-order valence-corrected chi connectivity index (χ0v) is 6.30. The quantitative estimate of drug-likeness (QED) is 0.597. The minimum absolute atomic E-state index is 0.0445. The minimum Gasteiger partial charge on any atom is -0.443 e. The number of cyclic esters (lactones) is 1. The number of hydrogen-bond acceptors (Lipinski definition) is 3. The predicted octanol–water partition coefficient (Wildman–Crippen LogP) is -0.153. The van der Waals surface area contributed by atoms with Gasteiger partial charge in [-0.3, -0.25) is 0 Å². The molecule has 0 radical (unpaired) electrons. The van der Waals surface area contributed by atoms with Crippen LogP contribution >= 0.6 is 0 Å². The maximum atomic E-state index is 10.6. The maximum absolute atomic E-state index is 10.6. The van der Waals surface area contributed by atoms with Gasteiger partial charge in [-0.25, -0.2) is 4.79 Å². The molecule has 2 rings (SSSR count). The summed E-state index contributed by atoms with van der Waals surface area (Å²) in [6, 6.07) is 0.689. The fraction of sp³-hybridized carbons (Fsp3) is 0.857. The Balaban J connectivity index is 1.65. The third-order valence-electron chi connectivity index (χ3n) is 1.96. The Morgan fingerprint density at radius 1 is 1.64 bits per heavy atom.